The zero-order valence-electron chi connectivity index (χ0n) is 26.1. The van der Waals surface area contributed by atoms with Crippen molar-refractivity contribution in [3.8, 4) is 33.8 Å². The van der Waals surface area contributed by atoms with Gasteiger partial charge in [-0.05, 0) is 48.9 Å². The van der Waals surface area contributed by atoms with E-state index in [2.05, 4.69) is 37.2 Å². The van der Waals surface area contributed by atoms with Crippen LogP contribution < -0.4 is 24.8 Å². The molecular weight excluding hydrogens is 666 g/mol. The minimum Gasteiger partial charge on any atom is -0.456 e. The zero-order chi connectivity index (χ0) is 33.5. The number of anilines is 1. The Balaban J connectivity index is 1.58. The first kappa shape index (κ1) is 30.4. The van der Waals surface area contributed by atoms with Crippen molar-refractivity contribution in [1.29, 1.82) is 0 Å². The maximum atomic E-state index is 16.1. The summed E-state index contributed by atoms with van der Waals surface area (Å²) in [6, 6.07) is 11.2. The molecule has 6 nitrogen and oxygen atoms in total. The van der Waals surface area contributed by atoms with Gasteiger partial charge in [-0.2, -0.15) is 8.42 Å². The van der Waals surface area contributed by atoms with E-state index in [0.717, 1.165) is 43.1 Å². The molecule has 5 aromatic rings. The number of thiophene rings is 2. The Morgan fingerprint density at radius 1 is 0.830 bits per heavy atom. The second-order valence-corrected chi connectivity index (χ2v) is 16.3. The van der Waals surface area contributed by atoms with Crippen molar-refractivity contribution in [3.63, 3.8) is 0 Å². The first-order valence-corrected chi connectivity index (χ1v) is 17.9. The molecule has 1 N–H and O–H groups in total. The van der Waals surface area contributed by atoms with Crippen LogP contribution >= 0.6 is 22.7 Å². The van der Waals surface area contributed by atoms with Gasteiger partial charge in [-0.25, -0.2) is 17.7 Å². The van der Waals surface area contributed by atoms with Gasteiger partial charge in [-0.3, -0.25) is 4.55 Å². The van der Waals surface area contributed by atoms with E-state index in [1.165, 1.54) is 0 Å². The van der Waals surface area contributed by atoms with Gasteiger partial charge in [0.25, 0.3) is 10.1 Å². The average molecular weight is 694 g/mol. The number of ether oxygens (including phenoxy) is 1. The predicted octanol–water partition coefficient (Wildman–Crippen LogP) is 7.22. The molecule has 47 heavy (non-hydrogen) atoms. The molecule has 3 aliphatic rings. The van der Waals surface area contributed by atoms with E-state index in [0.29, 0.717) is 0 Å². The first-order valence-electron chi connectivity index (χ1n) is 14.7. The Morgan fingerprint density at radius 3 is 2.17 bits per heavy atom. The van der Waals surface area contributed by atoms with E-state index >= 15 is 13.2 Å². The van der Waals surface area contributed by atoms with Crippen LogP contribution in [0.5, 0.6) is 11.5 Å². The van der Waals surface area contributed by atoms with Crippen LogP contribution in [0.4, 0.5) is 18.9 Å². The third-order valence-electron chi connectivity index (χ3n) is 10.0. The molecule has 0 saturated carbocycles. The van der Waals surface area contributed by atoms with Crippen LogP contribution in [0, 0.1) is 17.5 Å². The van der Waals surface area contributed by atoms with Crippen molar-refractivity contribution in [1.82, 2.24) is 4.58 Å². The normalized spacial score (nSPS) is 16.9. The second-order valence-electron chi connectivity index (χ2n) is 13.1. The molecule has 5 heterocycles. The molecule has 3 aliphatic heterocycles. The molecule has 0 amide bonds. The lowest BCUT2D eigenvalue weighted by Crippen LogP contribution is -2.45. The van der Waals surface area contributed by atoms with Crippen LogP contribution in [-0.2, 0) is 21.2 Å². The van der Waals surface area contributed by atoms with E-state index in [-0.39, 0.29) is 45.0 Å². The van der Waals surface area contributed by atoms with E-state index in [4.69, 9.17) is 4.74 Å². The topological polar surface area (TPSA) is 69.9 Å². The summed E-state index contributed by atoms with van der Waals surface area (Å²) in [4.78, 5) is 2.92. The van der Waals surface area contributed by atoms with Gasteiger partial charge in [-0.15, -0.1) is 22.7 Å². The summed E-state index contributed by atoms with van der Waals surface area (Å²) < 4.78 is 91.0. The monoisotopic (exact) mass is 693 g/mol. The second kappa shape index (κ2) is 9.56. The quantitative estimate of drug-likeness (QED) is 0.118. The van der Waals surface area contributed by atoms with Gasteiger partial charge in [0.15, 0.2) is 17.2 Å². The number of rotatable bonds is 2. The average Bonchev–Trinajstić information content (AvgIpc) is 3.70. The van der Waals surface area contributed by atoms with Gasteiger partial charge in [0.1, 0.15) is 29.3 Å². The highest BCUT2D eigenvalue weighted by atomic mass is 32.2. The fraction of sp³-hybridized carbons (Fsp3) is 0.229. The molecule has 0 saturated heterocycles. The third kappa shape index (κ3) is 3.98. The maximum Gasteiger partial charge on any atom is 0.298 e. The fourth-order valence-electron chi connectivity index (χ4n) is 7.17. The predicted molar refractivity (Wildman–Crippen MR) is 178 cm³/mol. The van der Waals surface area contributed by atoms with Crippen LogP contribution in [-0.4, -0.2) is 27.1 Å². The molecule has 8 rings (SSSR count). The van der Waals surface area contributed by atoms with Gasteiger partial charge in [-0.1, -0.05) is 0 Å². The standard InChI is InChI=1S/C35H27F3N2O4S3/c1-34(2)32-16(7-9-45-32)18-11-20-26(14-24(18)39(34)5)44-27-15-25-19(17-8-10-46-33(17)35(3,4)40(25)6)12-21(27)28(20)29-30(38)22(36)13-23(37)31(29)47(41,42)43/h7-15H,1-6H3/p+1. The summed E-state index contributed by atoms with van der Waals surface area (Å²) in [5.41, 5.74) is 2.64. The molecule has 240 valence electrons. The number of hydrogen-bond donors (Lipinski definition) is 1. The summed E-state index contributed by atoms with van der Waals surface area (Å²) in [6.07, 6.45) is 0. The molecule has 0 spiro atoms. The van der Waals surface area contributed by atoms with Crippen LogP contribution in [0.3, 0.4) is 0 Å². The van der Waals surface area contributed by atoms with Gasteiger partial charge in [0, 0.05) is 82.2 Å². The highest BCUT2D eigenvalue weighted by molar-refractivity contribution is 7.86. The number of halogens is 3. The molecule has 12 heteroatoms. The van der Waals surface area contributed by atoms with Crippen LogP contribution in [0.25, 0.3) is 27.8 Å². The molecule has 2 aromatic heterocycles. The molecule has 0 aliphatic carbocycles. The molecule has 0 bridgehead atoms. The Labute approximate surface area is 277 Å². The van der Waals surface area contributed by atoms with Gasteiger partial charge >= 0.3 is 0 Å². The Morgan fingerprint density at radius 2 is 1.49 bits per heavy atom. The Hall–Kier alpha value is -3.97. The lowest BCUT2D eigenvalue weighted by Gasteiger charge is -2.43. The van der Waals surface area contributed by atoms with Crippen molar-refractivity contribution in [2.75, 3.05) is 19.0 Å². The maximum absolute atomic E-state index is 16.1. The Bertz CT molecular complexity index is 2500. The summed E-state index contributed by atoms with van der Waals surface area (Å²) in [7, 11) is -1.46. The number of benzene rings is 3. The molecular formula is C35H28F3N2O4S3+. The van der Waals surface area contributed by atoms with Crippen LogP contribution in [0.2, 0.25) is 0 Å². The highest BCUT2D eigenvalue weighted by Gasteiger charge is 2.42. The molecule has 0 radical (unpaired) electrons. The summed E-state index contributed by atoms with van der Waals surface area (Å²) in [6.45, 7) is 8.41. The van der Waals surface area contributed by atoms with E-state index < -0.39 is 38.0 Å². The van der Waals surface area contributed by atoms with Gasteiger partial charge in [0.2, 0.25) is 5.36 Å². The van der Waals surface area contributed by atoms with Gasteiger partial charge in [0.05, 0.1) is 22.0 Å². The molecule has 3 aromatic carbocycles. The molecule has 0 atom stereocenters. The SMILES string of the molecule is CN1c2cc3c(cc2-c2ccsc2C1(C)C)C(c1c(F)c(F)cc(F)c1S(=O)(=O)O)=c1cc2c(cc1O3)=[N+](C)C(C)(C)c1sccc1-2. The zero-order valence-corrected chi connectivity index (χ0v) is 28.6. The van der Waals surface area contributed by atoms with Gasteiger partial charge < -0.3 is 9.64 Å². The van der Waals surface area contributed by atoms with Crippen molar-refractivity contribution in [2.24, 2.45) is 0 Å². The summed E-state index contributed by atoms with van der Waals surface area (Å²) in [5.74, 6) is -4.32. The van der Waals surface area contributed by atoms with Crippen molar-refractivity contribution in [3.05, 3.63) is 102 Å². The lowest BCUT2D eigenvalue weighted by atomic mass is 9.83. The molecule has 0 fully saturated rings. The van der Waals surface area contributed by atoms with E-state index in [1.54, 1.807) is 46.9 Å². The smallest absolute Gasteiger partial charge is 0.298 e. The highest BCUT2D eigenvalue weighted by Crippen LogP contribution is 2.53. The van der Waals surface area contributed by atoms with E-state index in [1.807, 2.05) is 37.0 Å². The van der Waals surface area contributed by atoms with Crippen molar-refractivity contribution in [2.45, 2.75) is 43.7 Å². The molecule has 0 unspecified atom stereocenters. The van der Waals surface area contributed by atoms with Crippen molar-refractivity contribution < 1.29 is 30.9 Å². The lowest BCUT2D eigenvalue weighted by molar-refractivity contribution is 0.374. The third-order valence-corrected chi connectivity index (χ3v) is 13.4. The number of nitrogens with zero attached hydrogens (tertiary/aromatic N) is 2. The van der Waals surface area contributed by atoms with Crippen molar-refractivity contribution >= 4 is 44.1 Å². The minimum absolute atomic E-state index is 0.107. The van der Waals surface area contributed by atoms with E-state index in [9.17, 15) is 13.0 Å². The fourth-order valence-corrected chi connectivity index (χ4v) is 10.1. The summed E-state index contributed by atoms with van der Waals surface area (Å²) >= 11 is 3.18. The summed E-state index contributed by atoms with van der Waals surface area (Å²) in [5, 5.41) is 4.99. The number of fused-ring (bicyclic) bond motifs is 8. The number of hydrogen-bond acceptors (Lipinski definition) is 6. The minimum atomic E-state index is -5.38. The van der Waals surface area contributed by atoms with Crippen LogP contribution in [0.1, 0.15) is 48.6 Å². The Kier molecular flexibility index (Phi) is 6.18. The van der Waals surface area contributed by atoms with Crippen LogP contribution in [0.15, 0.2) is 58.1 Å². The largest absolute Gasteiger partial charge is 0.456 e. The first-order chi connectivity index (χ1) is 22.0.